The summed E-state index contributed by atoms with van der Waals surface area (Å²) in [4.78, 5) is 6.36. The summed E-state index contributed by atoms with van der Waals surface area (Å²) in [5.74, 6) is -0.277. The molecule has 3 nitrogen and oxygen atoms in total. The third-order valence-electron chi connectivity index (χ3n) is 2.71. The van der Waals surface area contributed by atoms with Crippen molar-refractivity contribution < 1.29 is 4.39 Å². The molecule has 0 atom stereocenters. The van der Waals surface area contributed by atoms with Crippen LogP contribution in [-0.4, -0.2) is 16.9 Å². The fourth-order valence-electron chi connectivity index (χ4n) is 1.87. The van der Waals surface area contributed by atoms with Crippen LogP contribution in [-0.2, 0) is 13.1 Å². The molecular weight excluding hydrogens is 261 g/mol. The first-order chi connectivity index (χ1) is 9.08. The van der Waals surface area contributed by atoms with Gasteiger partial charge in [-0.2, -0.15) is 5.26 Å². The minimum atomic E-state index is -0.277. The molecule has 0 aliphatic heterocycles. The minimum absolute atomic E-state index is 0.277. The Morgan fingerprint density at radius 2 is 2.21 bits per heavy atom. The van der Waals surface area contributed by atoms with Crippen molar-refractivity contribution in [3.8, 4) is 6.07 Å². The molecule has 98 valence electrons. The Kier molecular flexibility index (Phi) is 4.25. The average molecular weight is 275 g/mol. The summed E-state index contributed by atoms with van der Waals surface area (Å²) >= 11 is 1.61. The van der Waals surface area contributed by atoms with Gasteiger partial charge in [0.25, 0.3) is 0 Å². The van der Waals surface area contributed by atoms with E-state index < -0.39 is 0 Å². The summed E-state index contributed by atoms with van der Waals surface area (Å²) in [6, 6.07) is 6.45. The maximum absolute atomic E-state index is 13.7. The predicted molar refractivity (Wildman–Crippen MR) is 73.1 cm³/mol. The molecule has 0 fully saturated rings. The third-order valence-corrected chi connectivity index (χ3v) is 3.54. The second-order valence-electron chi connectivity index (χ2n) is 4.45. The van der Waals surface area contributed by atoms with Gasteiger partial charge in [-0.05, 0) is 32.2 Å². The molecule has 5 heteroatoms. The van der Waals surface area contributed by atoms with E-state index in [0.29, 0.717) is 24.2 Å². The van der Waals surface area contributed by atoms with Crippen molar-refractivity contribution >= 4 is 11.3 Å². The summed E-state index contributed by atoms with van der Waals surface area (Å²) in [5, 5.41) is 11.9. The molecule has 1 heterocycles. The van der Waals surface area contributed by atoms with Crippen molar-refractivity contribution in [1.82, 2.24) is 9.88 Å². The van der Waals surface area contributed by atoms with E-state index in [2.05, 4.69) is 4.98 Å². The lowest BCUT2D eigenvalue weighted by molar-refractivity contribution is 0.310. The average Bonchev–Trinajstić information content (AvgIpc) is 2.77. The van der Waals surface area contributed by atoms with E-state index in [4.69, 9.17) is 5.26 Å². The van der Waals surface area contributed by atoms with E-state index in [1.54, 1.807) is 17.4 Å². The number of aromatic nitrogens is 1. The topological polar surface area (TPSA) is 39.9 Å². The van der Waals surface area contributed by atoms with Gasteiger partial charge in [0.05, 0.1) is 22.3 Å². The highest BCUT2D eigenvalue weighted by molar-refractivity contribution is 7.09. The minimum Gasteiger partial charge on any atom is -0.296 e. The highest BCUT2D eigenvalue weighted by atomic mass is 32.1. The largest absolute Gasteiger partial charge is 0.296 e. The van der Waals surface area contributed by atoms with Crippen molar-refractivity contribution in [3.63, 3.8) is 0 Å². The molecule has 1 aromatic heterocycles. The Balaban J connectivity index is 2.06. The number of hydrogen-bond donors (Lipinski definition) is 0. The van der Waals surface area contributed by atoms with Crippen LogP contribution in [0, 0.1) is 24.1 Å². The molecule has 1 aromatic carbocycles. The van der Waals surface area contributed by atoms with Gasteiger partial charge in [-0.15, -0.1) is 11.3 Å². The Bertz CT molecular complexity index is 615. The van der Waals surface area contributed by atoms with Gasteiger partial charge in [-0.25, -0.2) is 9.37 Å². The first-order valence-electron chi connectivity index (χ1n) is 5.86. The quantitative estimate of drug-likeness (QED) is 0.860. The fraction of sp³-hybridized carbons (Fsp3) is 0.286. The highest BCUT2D eigenvalue weighted by Gasteiger charge is 2.09. The third kappa shape index (κ3) is 3.60. The fourth-order valence-corrected chi connectivity index (χ4v) is 2.47. The van der Waals surface area contributed by atoms with Crippen LogP contribution in [0.1, 0.15) is 21.8 Å². The number of rotatable bonds is 4. The zero-order chi connectivity index (χ0) is 13.8. The summed E-state index contributed by atoms with van der Waals surface area (Å²) in [7, 11) is 1.91. The standard InChI is InChI=1S/C14H14FN3S/c1-10-17-13(9-19-10)8-18(2)7-12-5-11(6-16)3-4-14(12)15/h3-5,9H,7-8H2,1-2H3. The molecule has 0 unspecified atom stereocenters. The first-order valence-corrected chi connectivity index (χ1v) is 6.74. The second kappa shape index (κ2) is 5.91. The lowest BCUT2D eigenvalue weighted by Gasteiger charge is -2.15. The van der Waals surface area contributed by atoms with Crippen LogP contribution in [0.25, 0.3) is 0 Å². The molecule has 0 saturated heterocycles. The Labute approximate surface area is 115 Å². The van der Waals surface area contributed by atoms with E-state index in [-0.39, 0.29) is 5.82 Å². The van der Waals surface area contributed by atoms with Crippen LogP contribution in [0.4, 0.5) is 4.39 Å². The Hall–Kier alpha value is -1.77. The molecular formula is C14H14FN3S. The van der Waals surface area contributed by atoms with Crippen LogP contribution in [0.5, 0.6) is 0 Å². The van der Waals surface area contributed by atoms with Gasteiger partial charge < -0.3 is 0 Å². The van der Waals surface area contributed by atoms with E-state index in [1.165, 1.54) is 12.1 Å². The van der Waals surface area contributed by atoms with Gasteiger partial charge in [0, 0.05) is 24.0 Å². The number of nitriles is 1. The van der Waals surface area contributed by atoms with E-state index in [1.807, 2.05) is 30.3 Å². The highest BCUT2D eigenvalue weighted by Crippen LogP contribution is 2.15. The van der Waals surface area contributed by atoms with Gasteiger partial charge >= 0.3 is 0 Å². The van der Waals surface area contributed by atoms with Crippen molar-refractivity contribution in [2.24, 2.45) is 0 Å². The van der Waals surface area contributed by atoms with E-state index >= 15 is 0 Å². The molecule has 0 N–H and O–H groups in total. The zero-order valence-corrected chi connectivity index (χ0v) is 11.7. The number of halogens is 1. The first kappa shape index (κ1) is 13.7. The molecule has 0 aliphatic carbocycles. The lowest BCUT2D eigenvalue weighted by Crippen LogP contribution is -2.18. The van der Waals surface area contributed by atoms with Gasteiger partial charge in [-0.3, -0.25) is 4.90 Å². The lowest BCUT2D eigenvalue weighted by atomic mass is 10.1. The van der Waals surface area contributed by atoms with Crippen molar-refractivity contribution in [3.05, 3.63) is 51.2 Å². The zero-order valence-electron chi connectivity index (χ0n) is 10.9. The molecule has 0 amide bonds. The molecule has 0 radical (unpaired) electrons. The van der Waals surface area contributed by atoms with E-state index in [9.17, 15) is 4.39 Å². The predicted octanol–water partition coefficient (Wildman–Crippen LogP) is 3.09. The maximum Gasteiger partial charge on any atom is 0.127 e. The molecule has 0 bridgehead atoms. The second-order valence-corrected chi connectivity index (χ2v) is 5.51. The summed E-state index contributed by atoms with van der Waals surface area (Å²) < 4.78 is 13.7. The Morgan fingerprint density at radius 3 is 2.84 bits per heavy atom. The normalized spacial score (nSPS) is 10.7. The van der Waals surface area contributed by atoms with Crippen LogP contribution in [0.15, 0.2) is 23.6 Å². The van der Waals surface area contributed by atoms with Crippen molar-refractivity contribution in [2.75, 3.05) is 7.05 Å². The SMILES string of the molecule is Cc1nc(CN(C)Cc2cc(C#N)ccc2F)cs1. The van der Waals surface area contributed by atoms with Crippen LogP contribution < -0.4 is 0 Å². The number of nitrogens with zero attached hydrogens (tertiary/aromatic N) is 3. The molecule has 2 aromatic rings. The monoisotopic (exact) mass is 275 g/mol. The van der Waals surface area contributed by atoms with Crippen LogP contribution in [0.3, 0.4) is 0 Å². The van der Waals surface area contributed by atoms with E-state index in [0.717, 1.165) is 10.7 Å². The molecule has 2 rings (SSSR count). The summed E-state index contributed by atoms with van der Waals surface area (Å²) in [6.45, 7) is 3.09. The van der Waals surface area contributed by atoms with Crippen molar-refractivity contribution in [1.29, 1.82) is 5.26 Å². The number of aryl methyl sites for hydroxylation is 1. The van der Waals surface area contributed by atoms with Gasteiger partial charge in [0.1, 0.15) is 5.82 Å². The van der Waals surface area contributed by atoms with Gasteiger partial charge in [-0.1, -0.05) is 0 Å². The number of thiazole rings is 1. The molecule has 0 saturated carbocycles. The Morgan fingerprint density at radius 1 is 1.42 bits per heavy atom. The smallest absolute Gasteiger partial charge is 0.127 e. The number of benzene rings is 1. The molecule has 0 spiro atoms. The van der Waals surface area contributed by atoms with Crippen molar-refractivity contribution in [2.45, 2.75) is 20.0 Å². The summed E-state index contributed by atoms with van der Waals surface area (Å²) in [5.41, 5.74) is 2.00. The number of hydrogen-bond acceptors (Lipinski definition) is 4. The molecule has 19 heavy (non-hydrogen) atoms. The van der Waals surface area contributed by atoms with Gasteiger partial charge in [0.15, 0.2) is 0 Å². The maximum atomic E-state index is 13.7. The van der Waals surface area contributed by atoms with Crippen LogP contribution in [0.2, 0.25) is 0 Å². The van der Waals surface area contributed by atoms with Crippen LogP contribution >= 0.6 is 11.3 Å². The molecule has 0 aliphatic rings. The summed E-state index contributed by atoms with van der Waals surface area (Å²) in [6.07, 6.45) is 0. The van der Waals surface area contributed by atoms with Gasteiger partial charge in [0.2, 0.25) is 0 Å².